The van der Waals surface area contributed by atoms with E-state index in [0.29, 0.717) is 0 Å². The van der Waals surface area contributed by atoms with Gasteiger partial charge < -0.3 is 24.8 Å². The minimum atomic E-state index is 0. The molecule has 0 saturated heterocycles. The zero-order valence-electron chi connectivity index (χ0n) is 7.24. The fourth-order valence-corrected chi connectivity index (χ4v) is 0.989. The largest absolute Gasteiger partial charge is 4.00 e. The molecule has 0 heterocycles. The molecule has 0 N–H and O–H groups in total. The third-order valence-electron chi connectivity index (χ3n) is 1.57. The van der Waals surface area contributed by atoms with Crippen LogP contribution in [0.25, 0.3) is 0 Å². The number of unbranched alkanes of at least 4 members (excludes halogenated alkanes) is 1. The topological polar surface area (TPSA) is 0 Å². The molecule has 0 aliphatic heterocycles. The maximum atomic E-state index is 3.30. The SMILES string of the molecule is CCCCC1=[C-]CC=C1.[Cl-].[Cl-].[Hf+4]. The van der Waals surface area contributed by atoms with Crippen LogP contribution < -0.4 is 24.8 Å². The maximum Gasteiger partial charge on any atom is 4.00 e. The molecule has 0 saturated carbocycles. The van der Waals surface area contributed by atoms with Crippen LogP contribution in [0.15, 0.2) is 17.7 Å². The summed E-state index contributed by atoms with van der Waals surface area (Å²) in [5.74, 6) is 0. The van der Waals surface area contributed by atoms with Crippen molar-refractivity contribution in [2.24, 2.45) is 0 Å². The van der Waals surface area contributed by atoms with E-state index < -0.39 is 0 Å². The number of hydrogen-bond acceptors (Lipinski definition) is 0. The molecule has 0 amide bonds. The molecule has 0 aromatic carbocycles. The second-order valence-corrected chi connectivity index (χ2v) is 2.41. The van der Waals surface area contributed by atoms with E-state index in [-0.39, 0.29) is 50.7 Å². The van der Waals surface area contributed by atoms with Gasteiger partial charge in [-0.3, -0.25) is 6.08 Å². The summed E-state index contributed by atoms with van der Waals surface area (Å²) in [6.45, 7) is 2.22. The minimum absolute atomic E-state index is 0. The second-order valence-electron chi connectivity index (χ2n) is 2.41. The molecule has 1 rings (SSSR count). The Balaban J connectivity index is -0.000000270. The number of rotatable bonds is 3. The molecule has 12 heavy (non-hydrogen) atoms. The molecule has 0 spiro atoms. The van der Waals surface area contributed by atoms with Crippen molar-refractivity contribution in [2.75, 3.05) is 0 Å². The van der Waals surface area contributed by atoms with Gasteiger partial charge in [-0.1, -0.05) is 26.2 Å². The standard InChI is InChI=1S/C9H13.2ClH.Hf/c1-2-3-6-9-7-4-5-8-9;;;/h4,7H,2-3,5-6H2,1H3;2*1H;/q-1;;;+4/p-2. The summed E-state index contributed by atoms with van der Waals surface area (Å²) < 4.78 is 0. The molecular weight excluding hydrogens is 357 g/mol. The molecule has 0 fully saturated rings. The number of halogens is 2. The number of allylic oxidation sites excluding steroid dienone is 4. The van der Waals surface area contributed by atoms with E-state index >= 15 is 0 Å². The molecule has 0 nitrogen and oxygen atoms in total. The summed E-state index contributed by atoms with van der Waals surface area (Å²) in [6.07, 6.45) is 12.5. The maximum absolute atomic E-state index is 3.30. The van der Waals surface area contributed by atoms with E-state index in [4.69, 9.17) is 0 Å². The summed E-state index contributed by atoms with van der Waals surface area (Å²) in [5, 5.41) is 0. The first-order valence-electron chi connectivity index (χ1n) is 3.69. The van der Waals surface area contributed by atoms with Crippen LogP contribution in [0.4, 0.5) is 0 Å². The molecular formula is C9H13Cl2Hf+. The van der Waals surface area contributed by atoms with Gasteiger partial charge in [-0.15, -0.1) is 6.42 Å². The van der Waals surface area contributed by atoms with Gasteiger partial charge in [0, 0.05) is 0 Å². The summed E-state index contributed by atoms with van der Waals surface area (Å²) in [7, 11) is 0. The molecule has 0 unspecified atom stereocenters. The Morgan fingerprint density at radius 3 is 2.50 bits per heavy atom. The van der Waals surface area contributed by atoms with Crippen molar-refractivity contribution < 1.29 is 50.7 Å². The van der Waals surface area contributed by atoms with E-state index in [1.807, 2.05) is 0 Å². The van der Waals surface area contributed by atoms with Crippen LogP contribution in [-0.2, 0) is 25.8 Å². The molecule has 0 aromatic heterocycles. The smallest absolute Gasteiger partial charge is 1.00 e. The molecule has 3 heteroatoms. The molecule has 0 radical (unpaired) electrons. The Kier molecular flexibility index (Phi) is 18.6. The van der Waals surface area contributed by atoms with Crippen molar-refractivity contribution >= 4 is 0 Å². The van der Waals surface area contributed by atoms with Gasteiger partial charge in [0.15, 0.2) is 0 Å². The van der Waals surface area contributed by atoms with Gasteiger partial charge in [-0.05, 0) is 0 Å². The van der Waals surface area contributed by atoms with Gasteiger partial charge in [0.25, 0.3) is 0 Å². The molecule has 66 valence electrons. The van der Waals surface area contributed by atoms with Gasteiger partial charge in [0.2, 0.25) is 0 Å². The van der Waals surface area contributed by atoms with E-state index in [1.165, 1.54) is 24.8 Å². The second kappa shape index (κ2) is 11.9. The van der Waals surface area contributed by atoms with Crippen LogP contribution >= 0.6 is 0 Å². The van der Waals surface area contributed by atoms with Crippen LogP contribution in [-0.4, -0.2) is 0 Å². The van der Waals surface area contributed by atoms with Crippen LogP contribution in [0.2, 0.25) is 0 Å². The van der Waals surface area contributed by atoms with E-state index in [9.17, 15) is 0 Å². The fourth-order valence-electron chi connectivity index (χ4n) is 0.989. The zero-order valence-corrected chi connectivity index (χ0v) is 12.3. The van der Waals surface area contributed by atoms with E-state index in [1.54, 1.807) is 0 Å². The normalized spacial score (nSPS) is 12.2. The van der Waals surface area contributed by atoms with Gasteiger partial charge >= 0.3 is 25.8 Å². The first kappa shape index (κ1) is 18.7. The Labute approximate surface area is 106 Å². The molecule has 0 atom stereocenters. The average molecular weight is 371 g/mol. The van der Waals surface area contributed by atoms with Crippen LogP contribution in [0.1, 0.15) is 32.6 Å². The number of hydrogen-bond donors (Lipinski definition) is 0. The van der Waals surface area contributed by atoms with Crippen molar-refractivity contribution in [3.8, 4) is 0 Å². The molecule has 1 aliphatic carbocycles. The molecule has 1 aliphatic rings. The Morgan fingerprint density at radius 1 is 1.42 bits per heavy atom. The quantitative estimate of drug-likeness (QED) is 0.364. The Morgan fingerprint density at radius 2 is 2.08 bits per heavy atom. The van der Waals surface area contributed by atoms with E-state index in [0.717, 1.165) is 6.42 Å². The van der Waals surface area contributed by atoms with Crippen LogP contribution in [0.5, 0.6) is 0 Å². The Hall–Kier alpha value is 0.930. The van der Waals surface area contributed by atoms with Gasteiger partial charge in [-0.2, -0.15) is 6.08 Å². The summed E-state index contributed by atoms with van der Waals surface area (Å²) in [6, 6.07) is 0. The van der Waals surface area contributed by atoms with Gasteiger partial charge in [0.05, 0.1) is 0 Å². The predicted molar refractivity (Wildman–Crippen MR) is 40.0 cm³/mol. The third-order valence-corrected chi connectivity index (χ3v) is 1.57. The van der Waals surface area contributed by atoms with Crippen LogP contribution in [0, 0.1) is 6.08 Å². The fraction of sp³-hybridized carbons (Fsp3) is 0.556. The molecule has 0 aromatic rings. The minimum Gasteiger partial charge on any atom is -1.00 e. The monoisotopic (exact) mass is 371 g/mol. The van der Waals surface area contributed by atoms with Gasteiger partial charge in [-0.25, -0.2) is 11.6 Å². The molecule has 0 bridgehead atoms. The summed E-state index contributed by atoms with van der Waals surface area (Å²) in [5.41, 5.74) is 1.41. The third kappa shape index (κ3) is 7.57. The Bertz CT molecular complexity index is 141. The van der Waals surface area contributed by atoms with Crippen molar-refractivity contribution in [3.63, 3.8) is 0 Å². The van der Waals surface area contributed by atoms with Crippen LogP contribution in [0.3, 0.4) is 0 Å². The van der Waals surface area contributed by atoms with Crippen molar-refractivity contribution in [1.82, 2.24) is 0 Å². The average Bonchev–Trinajstić information content (AvgIpc) is 2.34. The van der Waals surface area contributed by atoms with Crippen molar-refractivity contribution in [2.45, 2.75) is 32.6 Å². The van der Waals surface area contributed by atoms with E-state index in [2.05, 4.69) is 25.2 Å². The summed E-state index contributed by atoms with van der Waals surface area (Å²) >= 11 is 0. The van der Waals surface area contributed by atoms with Crippen molar-refractivity contribution in [1.29, 1.82) is 0 Å². The predicted octanol–water partition coefficient (Wildman–Crippen LogP) is -3.13. The van der Waals surface area contributed by atoms with Crippen molar-refractivity contribution in [3.05, 3.63) is 23.8 Å². The summed E-state index contributed by atoms with van der Waals surface area (Å²) in [4.78, 5) is 0. The zero-order chi connectivity index (χ0) is 6.53. The van der Waals surface area contributed by atoms with Gasteiger partial charge in [0.1, 0.15) is 0 Å². The first-order valence-corrected chi connectivity index (χ1v) is 3.69. The first-order chi connectivity index (χ1) is 4.43.